The van der Waals surface area contributed by atoms with Gasteiger partial charge in [0, 0.05) is 26.2 Å². The van der Waals surface area contributed by atoms with Crippen LogP contribution in [-0.2, 0) is 16.1 Å². The van der Waals surface area contributed by atoms with Crippen molar-refractivity contribution < 1.29 is 9.59 Å². The molecule has 104 valence electrons. The van der Waals surface area contributed by atoms with Crippen LogP contribution in [0.4, 0.5) is 5.69 Å². The number of anilines is 1. The molecule has 2 amide bonds. The third-order valence-electron chi connectivity index (χ3n) is 2.98. The van der Waals surface area contributed by atoms with Crippen molar-refractivity contribution in [3.63, 3.8) is 0 Å². The molecule has 0 bridgehead atoms. The first-order valence-electron chi connectivity index (χ1n) is 6.22. The van der Waals surface area contributed by atoms with Gasteiger partial charge in [-0.15, -0.1) is 0 Å². The van der Waals surface area contributed by atoms with Gasteiger partial charge in [-0.05, 0) is 31.7 Å². The van der Waals surface area contributed by atoms with Crippen LogP contribution < -0.4 is 10.6 Å². The molecular formula is C14H21N3O2. The van der Waals surface area contributed by atoms with Gasteiger partial charge in [-0.3, -0.25) is 9.59 Å². The Morgan fingerprint density at radius 1 is 1.37 bits per heavy atom. The predicted octanol–water partition coefficient (Wildman–Crippen LogP) is 1.21. The third-order valence-corrected chi connectivity index (χ3v) is 2.98. The van der Waals surface area contributed by atoms with E-state index in [4.69, 9.17) is 0 Å². The Bertz CT molecular complexity index is 460. The lowest BCUT2D eigenvalue weighted by Gasteiger charge is -2.16. The lowest BCUT2D eigenvalue weighted by atomic mass is 10.2. The molecule has 2 N–H and O–H groups in total. The number of hydrogen-bond donors (Lipinski definition) is 2. The van der Waals surface area contributed by atoms with E-state index in [0.29, 0.717) is 6.54 Å². The number of hydrogen-bond acceptors (Lipinski definition) is 3. The van der Waals surface area contributed by atoms with Crippen molar-refractivity contribution >= 4 is 17.5 Å². The van der Waals surface area contributed by atoms with E-state index < -0.39 is 0 Å². The van der Waals surface area contributed by atoms with Crippen molar-refractivity contribution in [2.75, 3.05) is 19.4 Å². The summed E-state index contributed by atoms with van der Waals surface area (Å²) in [5.41, 5.74) is 1.72. The van der Waals surface area contributed by atoms with Crippen LogP contribution in [0.15, 0.2) is 24.3 Å². The molecule has 0 radical (unpaired) electrons. The fourth-order valence-corrected chi connectivity index (χ4v) is 1.51. The van der Waals surface area contributed by atoms with E-state index in [1.807, 2.05) is 24.3 Å². The summed E-state index contributed by atoms with van der Waals surface area (Å²) in [4.78, 5) is 24.6. The Morgan fingerprint density at radius 2 is 2.05 bits per heavy atom. The molecular weight excluding hydrogens is 242 g/mol. The van der Waals surface area contributed by atoms with E-state index in [1.54, 1.807) is 25.9 Å². The second-order valence-electron chi connectivity index (χ2n) is 4.58. The number of carbonyl (C=O) groups is 2. The molecule has 0 saturated heterocycles. The lowest BCUT2D eigenvalue weighted by Crippen LogP contribution is -2.35. The summed E-state index contributed by atoms with van der Waals surface area (Å²) >= 11 is 0. The molecule has 0 heterocycles. The minimum Gasteiger partial charge on any atom is -0.342 e. The fourth-order valence-electron chi connectivity index (χ4n) is 1.51. The van der Waals surface area contributed by atoms with Crippen LogP contribution in [0, 0.1) is 0 Å². The highest BCUT2D eigenvalue weighted by Gasteiger charge is 2.10. The normalized spacial score (nSPS) is 11.8. The molecule has 5 nitrogen and oxygen atoms in total. The van der Waals surface area contributed by atoms with E-state index in [9.17, 15) is 9.59 Å². The maximum Gasteiger partial charge on any atom is 0.241 e. The summed E-state index contributed by atoms with van der Waals surface area (Å²) < 4.78 is 0. The summed E-state index contributed by atoms with van der Waals surface area (Å²) in [6.07, 6.45) is 0. The van der Waals surface area contributed by atoms with Gasteiger partial charge in [-0.2, -0.15) is 0 Å². The average Bonchev–Trinajstić information content (AvgIpc) is 2.37. The molecule has 0 aromatic heterocycles. The van der Waals surface area contributed by atoms with Crippen LogP contribution in [0.1, 0.15) is 19.4 Å². The van der Waals surface area contributed by atoms with Gasteiger partial charge < -0.3 is 15.5 Å². The first-order chi connectivity index (χ1) is 8.93. The second kappa shape index (κ2) is 6.89. The zero-order chi connectivity index (χ0) is 14.4. The highest BCUT2D eigenvalue weighted by molar-refractivity contribution is 5.94. The fraction of sp³-hybridized carbons (Fsp3) is 0.429. The van der Waals surface area contributed by atoms with E-state index in [-0.39, 0.29) is 17.9 Å². The smallest absolute Gasteiger partial charge is 0.241 e. The standard InChI is InChI=1S/C14H21N3O2/c1-10(15-3)14(19)16-13-7-5-6-12(8-13)9-17(4)11(2)18/h5-8,10,15H,9H2,1-4H3,(H,16,19). The summed E-state index contributed by atoms with van der Waals surface area (Å²) in [7, 11) is 3.49. The van der Waals surface area contributed by atoms with Crippen LogP contribution >= 0.6 is 0 Å². The first-order valence-corrected chi connectivity index (χ1v) is 6.22. The van der Waals surface area contributed by atoms with E-state index in [1.165, 1.54) is 6.92 Å². The summed E-state index contributed by atoms with van der Waals surface area (Å²) in [6, 6.07) is 7.25. The van der Waals surface area contributed by atoms with Gasteiger partial charge in [0.05, 0.1) is 6.04 Å². The summed E-state index contributed by atoms with van der Waals surface area (Å²) in [5.74, 6) is -0.0715. The van der Waals surface area contributed by atoms with Crippen molar-refractivity contribution in [3.05, 3.63) is 29.8 Å². The Morgan fingerprint density at radius 3 is 2.63 bits per heavy atom. The highest BCUT2D eigenvalue weighted by atomic mass is 16.2. The molecule has 5 heteroatoms. The van der Waals surface area contributed by atoms with Gasteiger partial charge in [0.2, 0.25) is 11.8 Å². The van der Waals surface area contributed by atoms with Gasteiger partial charge in [0.15, 0.2) is 0 Å². The van der Waals surface area contributed by atoms with Crippen molar-refractivity contribution in [2.24, 2.45) is 0 Å². The van der Waals surface area contributed by atoms with Gasteiger partial charge in [0.1, 0.15) is 0 Å². The quantitative estimate of drug-likeness (QED) is 0.839. The lowest BCUT2D eigenvalue weighted by molar-refractivity contribution is -0.128. The number of rotatable bonds is 5. The molecule has 1 rings (SSSR count). The zero-order valence-corrected chi connectivity index (χ0v) is 11.9. The van der Waals surface area contributed by atoms with Crippen molar-refractivity contribution in [3.8, 4) is 0 Å². The summed E-state index contributed by atoms with van der Waals surface area (Å²) in [5, 5.41) is 5.71. The van der Waals surface area contributed by atoms with Crippen molar-refractivity contribution in [2.45, 2.75) is 26.4 Å². The average molecular weight is 263 g/mol. The van der Waals surface area contributed by atoms with Gasteiger partial charge in [-0.25, -0.2) is 0 Å². The minimum absolute atomic E-state index is 0.0123. The van der Waals surface area contributed by atoms with Gasteiger partial charge >= 0.3 is 0 Å². The van der Waals surface area contributed by atoms with E-state index in [2.05, 4.69) is 10.6 Å². The Hall–Kier alpha value is -1.88. The van der Waals surface area contributed by atoms with Crippen LogP contribution in [0.3, 0.4) is 0 Å². The number of nitrogens with zero attached hydrogens (tertiary/aromatic N) is 1. The molecule has 0 aliphatic rings. The molecule has 1 atom stereocenters. The first kappa shape index (κ1) is 15.2. The number of benzene rings is 1. The molecule has 1 aromatic carbocycles. The molecule has 0 spiro atoms. The van der Waals surface area contributed by atoms with Crippen LogP contribution in [0.5, 0.6) is 0 Å². The molecule has 0 aliphatic carbocycles. The second-order valence-corrected chi connectivity index (χ2v) is 4.58. The molecule has 1 aromatic rings. The molecule has 19 heavy (non-hydrogen) atoms. The number of nitrogens with one attached hydrogen (secondary N) is 2. The highest BCUT2D eigenvalue weighted by Crippen LogP contribution is 2.12. The number of likely N-dealkylation sites (N-methyl/N-ethyl adjacent to an activating group) is 1. The zero-order valence-electron chi connectivity index (χ0n) is 11.9. The maximum absolute atomic E-state index is 11.7. The topological polar surface area (TPSA) is 61.4 Å². The number of amides is 2. The molecule has 0 saturated carbocycles. The molecule has 0 aliphatic heterocycles. The Kier molecular flexibility index (Phi) is 5.51. The van der Waals surface area contributed by atoms with E-state index in [0.717, 1.165) is 11.3 Å². The van der Waals surface area contributed by atoms with E-state index >= 15 is 0 Å². The minimum atomic E-state index is -0.247. The Labute approximate surface area is 114 Å². The predicted molar refractivity (Wildman–Crippen MR) is 75.7 cm³/mol. The van der Waals surface area contributed by atoms with Gasteiger partial charge in [-0.1, -0.05) is 12.1 Å². The third kappa shape index (κ3) is 4.71. The SMILES string of the molecule is CNC(C)C(=O)Nc1cccc(CN(C)C(C)=O)c1. The number of carbonyl (C=O) groups excluding carboxylic acids is 2. The molecule has 0 fully saturated rings. The van der Waals surface area contributed by atoms with Crippen molar-refractivity contribution in [1.82, 2.24) is 10.2 Å². The molecule has 1 unspecified atom stereocenters. The monoisotopic (exact) mass is 263 g/mol. The maximum atomic E-state index is 11.7. The Balaban J connectivity index is 2.72. The van der Waals surface area contributed by atoms with Gasteiger partial charge in [0.25, 0.3) is 0 Å². The van der Waals surface area contributed by atoms with Crippen LogP contribution in [0.2, 0.25) is 0 Å². The van der Waals surface area contributed by atoms with Crippen molar-refractivity contribution in [1.29, 1.82) is 0 Å². The van der Waals surface area contributed by atoms with Crippen LogP contribution in [0.25, 0.3) is 0 Å². The van der Waals surface area contributed by atoms with Crippen LogP contribution in [-0.4, -0.2) is 36.9 Å². The summed E-state index contributed by atoms with van der Waals surface area (Å²) in [6.45, 7) is 3.85. The largest absolute Gasteiger partial charge is 0.342 e.